The number of aliphatic hydroxyl groups is 5. The van der Waals surface area contributed by atoms with E-state index in [1.807, 2.05) is 6.08 Å². The van der Waals surface area contributed by atoms with Gasteiger partial charge in [0, 0.05) is 6.42 Å². The standard InChI is InChI=1S/C63H119NO8/c1-3-5-7-9-11-13-15-16-17-18-19-20-21-22-23-24-25-26-27-28-29-30-31-32-33-34-35-36-37-38-39-40-41-42-43-45-47-49-51-53-59(67)64-56(55-71-63-62(70)61(69)60(68)58(54-65)72-63)57(66)52-50-48-46-44-14-12-10-8-6-4-2/h6,8,14,44,50,52,56-58,60-63,65-66,68-70H,3-5,7,9-13,15-43,45-49,51,53-55H2,1-2H3,(H,64,67)/b8-6+,44-14+,52-50+. The van der Waals surface area contributed by atoms with Crippen molar-refractivity contribution in [2.24, 2.45) is 0 Å². The molecular formula is C63H119NO8. The van der Waals surface area contributed by atoms with Crippen molar-refractivity contribution in [3.63, 3.8) is 0 Å². The summed E-state index contributed by atoms with van der Waals surface area (Å²) in [6.07, 6.45) is 62.9. The first-order valence-electron chi connectivity index (χ1n) is 31.2. The molecule has 0 spiro atoms. The van der Waals surface area contributed by atoms with Gasteiger partial charge in [-0.25, -0.2) is 0 Å². The lowest BCUT2D eigenvalue weighted by atomic mass is 9.99. The minimum absolute atomic E-state index is 0.188. The number of unbranched alkanes of at least 4 members (excludes halogenated alkanes) is 40. The molecule has 0 aromatic rings. The maximum atomic E-state index is 13.0. The Morgan fingerprint density at radius 3 is 1.15 bits per heavy atom. The lowest BCUT2D eigenvalue weighted by Gasteiger charge is -2.40. The maximum Gasteiger partial charge on any atom is 0.220 e. The number of rotatable bonds is 54. The fourth-order valence-electron chi connectivity index (χ4n) is 10.1. The van der Waals surface area contributed by atoms with Crippen molar-refractivity contribution in [1.29, 1.82) is 0 Å². The predicted molar refractivity (Wildman–Crippen MR) is 304 cm³/mol. The summed E-state index contributed by atoms with van der Waals surface area (Å²) >= 11 is 0. The third-order valence-corrected chi connectivity index (χ3v) is 15.0. The molecule has 1 amide bonds. The molecule has 7 atom stereocenters. The monoisotopic (exact) mass is 1020 g/mol. The van der Waals surface area contributed by atoms with Gasteiger partial charge in [0.25, 0.3) is 0 Å². The number of aliphatic hydroxyl groups excluding tert-OH is 5. The van der Waals surface area contributed by atoms with Crippen LogP contribution in [-0.2, 0) is 14.3 Å². The Hall–Kier alpha value is -1.59. The number of carbonyl (C=O) groups excluding carboxylic acids is 1. The number of amides is 1. The quantitative estimate of drug-likeness (QED) is 0.0261. The summed E-state index contributed by atoms with van der Waals surface area (Å²) in [4.78, 5) is 13.0. The first-order valence-corrected chi connectivity index (χ1v) is 31.2. The molecule has 0 bridgehead atoms. The molecular weight excluding hydrogens is 899 g/mol. The second kappa shape index (κ2) is 52.8. The third-order valence-electron chi connectivity index (χ3n) is 15.0. The van der Waals surface area contributed by atoms with Gasteiger partial charge in [0.05, 0.1) is 25.4 Å². The van der Waals surface area contributed by atoms with Crippen molar-refractivity contribution in [1.82, 2.24) is 5.32 Å². The Bertz CT molecular complexity index is 1230. The Morgan fingerprint density at radius 2 is 0.806 bits per heavy atom. The van der Waals surface area contributed by atoms with Crippen LogP contribution in [0.3, 0.4) is 0 Å². The van der Waals surface area contributed by atoms with Gasteiger partial charge in [-0.1, -0.05) is 294 Å². The van der Waals surface area contributed by atoms with Crippen LogP contribution in [-0.4, -0.2) is 87.5 Å². The Kier molecular flexibility index (Phi) is 50.2. The molecule has 9 nitrogen and oxygen atoms in total. The van der Waals surface area contributed by atoms with Crippen molar-refractivity contribution in [3.05, 3.63) is 36.5 Å². The summed E-state index contributed by atoms with van der Waals surface area (Å²) in [5.41, 5.74) is 0. The van der Waals surface area contributed by atoms with Gasteiger partial charge in [-0.2, -0.15) is 0 Å². The molecule has 0 aromatic heterocycles. The fourth-order valence-corrected chi connectivity index (χ4v) is 10.1. The number of nitrogens with one attached hydrogen (secondary N) is 1. The molecule has 0 radical (unpaired) electrons. The van der Waals surface area contributed by atoms with Crippen LogP contribution in [0, 0.1) is 0 Å². The summed E-state index contributed by atoms with van der Waals surface area (Å²) < 4.78 is 11.2. The highest BCUT2D eigenvalue weighted by Crippen LogP contribution is 2.23. The van der Waals surface area contributed by atoms with Crippen molar-refractivity contribution in [2.45, 2.75) is 346 Å². The molecule has 9 heteroatoms. The van der Waals surface area contributed by atoms with Gasteiger partial charge in [-0.15, -0.1) is 0 Å². The van der Waals surface area contributed by atoms with Gasteiger partial charge < -0.3 is 40.3 Å². The Balaban J connectivity index is 1.98. The molecule has 1 aliphatic heterocycles. The predicted octanol–water partition coefficient (Wildman–Crippen LogP) is 15.9. The van der Waals surface area contributed by atoms with Crippen molar-refractivity contribution >= 4 is 5.91 Å². The van der Waals surface area contributed by atoms with Crippen LogP contribution < -0.4 is 5.32 Å². The lowest BCUT2D eigenvalue weighted by molar-refractivity contribution is -0.302. The minimum Gasteiger partial charge on any atom is -0.394 e. The van der Waals surface area contributed by atoms with E-state index in [9.17, 15) is 30.3 Å². The van der Waals surface area contributed by atoms with Gasteiger partial charge in [0.2, 0.25) is 5.91 Å². The van der Waals surface area contributed by atoms with Gasteiger partial charge in [0.15, 0.2) is 6.29 Å². The number of hydrogen-bond donors (Lipinski definition) is 6. The van der Waals surface area contributed by atoms with Crippen LogP contribution >= 0.6 is 0 Å². The van der Waals surface area contributed by atoms with E-state index in [2.05, 4.69) is 43.5 Å². The summed E-state index contributed by atoms with van der Waals surface area (Å²) in [5.74, 6) is -0.188. The molecule has 0 aliphatic carbocycles. The van der Waals surface area contributed by atoms with Crippen LogP contribution in [0.15, 0.2) is 36.5 Å². The van der Waals surface area contributed by atoms with Crippen LogP contribution in [0.1, 0.15) is 303 Å². The molecule has 1 fully saturated rings. The highest BCUT2D eigenvalue weighted by Gasteiger charge is 2.44. The van der Waals surface area contributed by atoms with Crippen LogP contribution in [0.5, 0.6) is 0 Å². The van der Waals surface area contributed by atoms with Crippen LogP contribution in [0.4, 0.5) is 0 Å². The van der Waals surface area contributed by atoms with E-state index in [-0.39, 0.29) is 12.5 Å². The summed E-state index contributed by atoms with van der Waals surface area (Å²) in [5, 5.41) is 54.2. The lowest BCUT2D eigenvalue weighted by Crippen LogP contribution is -2.60. The molecule has 1 rings (SSSR count). The normalized spacial score (nSPS) is 19.3. The first kappa shape index (κ1) is 68.4. The maximum absolute atomic E-state index is 13.0. The number of allylic oxidation sites excluding steroid dienone is 5. The van der Waals surface area contributed by atoms with E-state index in [1.165, 1.54) is 231 Å². The van der Waals surface area contributed by atoms with Gasteiger partial charge in [0.1, 0.15) is 24.4 Å². The Morgan fingerprint density at radius 1 is 0.472 bits per heavy atom. The smallest absolute Gasteiger partial charge is 0.220 e. The van der Waals surface area contributed by atoms with E-state index in [4.69, 9.17) is 9.47 Å². The molecule has 1 heterocycles. The van der Waals surface area contributed by atoms with Gasteiger partial charge in [-0.05, 0) is 38.5 Å². The molecule has 6 N–H and O–H groups in total. The summed E-state index contributed by atoms with van der Waals surface area (Å²) in [7, 11) is 0. The molecule has 1 saturated heterocycles. The minimum atomic E-state index is -1.57. The van der Waals surface area contributed by atoms with Gasteiger partial charge >= 0.3 is 0 Å². The van der Waals surface area contributed by atoms with Crippen LogP contribution in [0.25, 0.3) is 0 Å². The first-order chi connectivity index (χ1) is 35.3. The highest BCUT2D eigenvalue weighted by molar-refractivity contribution is 5.76. The summed E-state index contributed by atoms with van der Waals surface area (Å²) in [6.45, 7) is 3.65. The van der Waals surface area contributed by atoms with E-state index in [0.29, 0.717) is 6.42 Å². The zero-order valence-corrected chi connectivity index (χ0v) is 47.2. The van der Waals surface area contributed by atoms with Gasteiger partial charge in [-0.3, -0.25) is 4.79 Å². The topological polar surface area (TPSA) is 149 Å². The van der Waals surface area contributed by atoms with E-state index >= 15 is 0 Å². The zero-order valence-electron chi connectivity index (χ0n) is 47.2. The van der Waals surface area contributed by atoms with Crippen LogP contribution in [0.2, 0.25) is 0 Å². The van der Waals surface area contributed by atoms with Crippen molar-refractivity contribution in [2.75, 3.05) is 13.2 Å². The second-order valence-electron chi connectivity index (χ2n) is 21.8. The largest absolute Gasteiger partial charge is 0.394 e. The highest BCUT2D eigenvalue weighted by atomic mass is 16.7. The zero-order chi connectivity index (χ0) is 52.2. The average Bonchev–Trinajstić information content (AvgIpc) is 3.38. The molecule has 72 heavy (non-hydrogen) atoms. The molecule has 424 valence electrons. The second-order valence-corrected chi connectivity index (χ2v) is 21.8. The number of hydrogen-bond acceptors (Lipinski definition) is 8. The molecule has 0 aromatic carbocycles. The van der Waals surface area contributed by atoms with Crippen molar-refractivity contribution < 1.29 is 39.8 Å². The number of ether oxygens (including phenoxy) is 2. The van der Waals surface area contributed by atoms with E-state index < -0.39 is 49.5 Å². The molecule has 0 saturated carbocycles. The summed E-state index contributed by atoms with van der Waals surface area (Å²) in [6, 6.07) is -0.824. The number of carbonyl (C=O) groups is 1. The Labute approximate surface area is 444 Å². The molecule has 7 unspecified atom stereocenters. The third kappa shape index (κ3) is 41.6. The van der Waals surface area contributed by atoms with Crippen molar-refractivity contribution in [3.8, 4) is 0 Å². The average molecular weight is 1020 g/mol. The SMILES string of the molecule is CC/C=C/CC/C=C/CC/C=C/C(O)C(COC1OC(CO)C(O)C(O)C1O)NC(=O)CCCCCCCCCCCCCCCCCCCCCCCCCCCCCCCCCCCCCCCCC. The van der Waals surface area contributed by atoms with E-state index in [1.54, 1.807) is 6.08 Å². The molecule has 1 aliphatic rings. The van der Waals surface area contributed by atoms with E-state index in [0.717, 1.165) is 51.4 Å². The fraction of sp³-hybridized carbons (Fsp3) is 0.889.